The number of fused-ring (bicyclic) bond motifs is 1. The van der Waals surface area contributed by atoms with Crippen LogP contribution in [0.15, 0.2) is 12.3 Å². The van der Waals surface area contributed by atoms with Crippen LogP contribution in [0.1, 0.15) is 23.3 Å². The van der Waals surface area contributed by atoms with E-state index in [1.807, 2.05) is 0 Å². The Balaban J connectivity index is 1.89. The summed E-state index contributed by atoms with van der Waals surface area (Å²) >= 11 is 0. The molecule has 1 fully saturated rings. The first-order valence-electron chi connectivity index (χ1n) is 6.16. The largest absolute Gasteiger partial charge is 0.476 e. The molecule has 0 atom stereocenters. The Bertz CT molecular complexity index is 661. The Hall–Kier alpha value is -2.25. The fourth-order valence-corrected chi connectivity index (χ4v) is 2.30. The molecule has 2 aromatic heterocycles. The summed E-state index contributed by atoms with van der Waals surface area (Å²) in [4.78, 5) is 16.8. The van der Waals surface area contributed by atoms with Gasteiger partial charge < -0.3 is 10.0 Å². The van der Waals surface area contributed by atoms with E-state index in [4.69, 9.17) is 5.11 Å². The van der Waals surface area contributed by atoms with E-state index in [0.717, 1.165) is 0 Å². The highest BCUT2D eigenvalue weighted by Gasteiger charge is 2.34. The number of carboxylic acid groups (broad SMARTS) is 1. The van der Waals surface area contributed by atoms with E-state index in [-0.39, 0.29) is 31.6 Å². The Morgan fingerprint density at radius 1 is 1.40 bits per heavy atom. The number of alkyl halides is 2. The van der Waals surface area contributed by atoms with Crippen molar-refractivity contribution in [2.45, 2.75) is 18.8 Å². The molecule has 0 aliphatic carbocycles. The molecule has 0 saturated carbocycles. The quantitative estimate of drug-likeness (QED) is 0.879. The third-order valence-corrected chi connectivity index (χ3v) is 3.45. The summed E-state index contributed by atoms with van der Waals surface area (Å²) in [5.74, 6) is -3.19. The van der Waals surface area contributed by atoms with E-state index in [1.54, 1.807) is 11.0 Å². The Labute approximate surface area is 112 Å². The van der Waals surface area contributed by atoms with Crippen LogP contribution in [0.5, 0.6) is 0 Å². The first-order valence-corrected chi connectivity index (χ1v) is 6.16. The van der Waals surface area contributed by atoms with Crippen molar-refractivity contribution in [3.63, 3.8) is 0 Å². The summed E-state index contributed by atoms with van der Waals surface area (Å²) in [7, 11) is 0. The van der Waals surface area contributed by atoms with Crippen LogP contribution in [-0.2, 0) is 0 Å². The fraction of sp³-hybridized carbons (Fsp3) is 0.417. The number of rotatable bonds is 2. The van der Waals surface area contributed by atoms with Gasteiger partial charge in [0, 0.05) is 38.2 Å². The number of halogens is 2. The van der Waals surface area contributed by atoms with Gasteiger partial charge in [-0.1, -0.05) is 0 Å². The maximum absolute atomic E-state index is 13.1. The molecular formula is C12H12F2N4O2. The van der Waals surface area contributed by atoms with E-state index in [2.05, 4.69) is 15.2 Å². The van der Waals surface area contributed by atoms with E-state index < -0.39 is 11.9 Å². The number of nitrogens with zero attached hydrogens (tertiary/aromatic N) is 3. The Morgan fingerprint density at radius 2 is 2.10 bits per heavy atom. The molecule has 0 amide bonds. The minimum Gasteiger partial charge on any atom is -0.476 e. The Morgan fingerprint density at radius 3 is 2.75 bits per heavy atom. The van der Waals surface area contributed by atoms with Crippen LogP contribution in [0.3, 0.4) is 0 Å². The molecule has 1 aliphatic heterocycles. The van der Waals surface area contributed by atoms with Crippen LogP contribution < -0.4 is 4.90 Å². The minimum absolute atomic E-state index is 0.0933. The molecule has 106 valence electrons. The summed E-state index contributed by atoms with van der Waals surface area (Å²) < 4.78 is 26.2. The number of aromatic carboxylic acids is 1. The monoisotopic (exact) mass is 282 g/mol. The molecule has 2 aromatic rings. The van der Waals surface area contributed by atoms with Gasteiger partial charge in [0.05, 0.1) is 10.9 Å². The number of carbonyl (C=O) groups is 1. The molecule has 6 nitrogen and oxygen atoms in total. The average molecular weight is 282 g/mol. The third kappa shape index (κ3) is 2.17. The smallest absolute Gasteiger partial charge is 0.357 e. The lowest BCUT2D eigenvalue weighted by molar-refractivity contribution is -0.0221. The lowest BCUT2D eigenvalue weighted by atomic mass is 10.1. The molecule has 8 heteroatoms. The van der Waals surface area contributed by atoms with Gasteiger partial charge in [0.1, 0.15) is 5.82 Å². The number of hydrogen-bond donors (Lipinski definition) is 2. The van der Waals surface area contributed by atoms with Crippen molar-refractivity contribution >= 4 is 22.7 Å². The average Bonchev–Trinajstić information content (AvgIpc) is 2.81. The van der Waals surface area contributed by atoms with Crippen molar-refractivity contribution in [2.24, 2.45) is 0 Å². The van der Waals surface area contributed by atoms with Crippen molar-refractivity contribution in [3.8, 4) is 0 Å². The summed E-state index contributed by atoms with van der Waals surface area (Å²) in [5.41, 5.74) is 0.439. The molecule has 1 saturated heterocycles. The maximum Gasteiger partial charge on any atom is 0.357 e. The maximum atomic E-state index is 13.1. The van der Waals surface area contributed by atoms with Crippen LogP contribution in [0, 0.1) is 0 Å². The number of hydrogen-bond acceptors (Lipinski definition) is 4. The van der Waals surface area contributed by atoms with E-state index in [0.29, 0.717) is 16.7 Å². The second-order valence-electron chi connectivity index (χ2n) is 4.81. The van der Waals surface area contributed by atoms with Gasteiger partial charge in [0.2, 0.25) is 0 Å². The first kappa shape index (κ1) is 12.8. The van der Waals surface area contributed by atoms with Gasteiger partial charge in [-0.15, -0.1) is 0 Å². The highest BCUT2D eigenvalue weighted by atomic mass is 19.3. The molecular weight excluding hydrogens is 270 g/mol. The van der Waals surface area contributed by atoms with Gasteiger partial charge in [-0.05, 0) is 0 Å². The minimum atomic E-state index is -2.61. The lowest BCUT2D eigenvalue weighted by Gasteiger charge is -2.32. The standard InChI is InChI=1S/C12H12F2N4O2/c13-12(14)1-3-18(4-2-12)9-5-8-7(6-15-9)10(11(19)20)17-16-8/h5-6H,1-4H2,(H,16,17)(H,19,20). The number of carboxylic acids is 1. The highest BCUT2D eigenvalue weighted by molar-refractivity contribution is 6.01. The molecule has 3 rings (SSSR count). The van der Waals surface area contributed by atoms with Crippen molar-refractivity contribution in [1.82, 2.24) is 15.2 Å². The molecule has 1 aliphatic rings. The molecule has 0 unspecified atom stereocenters. The molecule has 0 aromatic carbocycles. The number of piperidine rings is 1. The van der Waals surface area contributed by atoms with Gasteiger partial charge in [-0.25, -0.2) is 18.6 Å². The molecule has 20 heavy (non-hydrogen) atoms. The topological polar surface area (TPSA) is 82.1 Å². The first-order chi connectivity index (χ1) is 9.46. The molecule has 3 heterocycles. The van der Waals surface area contributed by atoms with Gasteiger partial charge in [0.15, 0.2) is 5.69 Å². The van der Waals surface area contributed by atoms with E-state index >= 15 is 0 Å². The van der Waals surface area contributed by atoms with Crippen molar-refractivity contribution in [2.75, 3.05) is 18.0 Å². The number of aromatic amines is 1. The van der Waals surface area contributed by atoms with Gasteiger partial charge in [0.25, 0.3) is 5.92 Å². The second kappa shape index (κ2) is 4.39. The van der Waals surface area contributed by atoms with Crippen LogP contribution >= 0.6 is 0 Å². The lowest BCUT2D eigenvalue weighted by Crippen LogP contribution is -2.39. The zero-order chi connectivity index (χ0) is 14.3. The van der Waals surface area contributed by atoms with Crippen molar-refractivity contribution < 1.29 is 18.7 Å². The van der Waals surface area contributed by atoms with E-state index in [1.165, 1.54) is 6.20 Å². The highest BCUT2D eigenvalue weighted by Crippen LogP contribution is 2.30. The fourth-order valence-electron chi connectivity index (χ4n) is 2.30. The van der Waals surface area contributed by atoms with Crippen LogP contribution in [0.2, 0.25) is 0 Å². The normalized spacial score (nSPS) is 18.4. The SMILES string of the molecule is O=C(O)c1n[nH]c2cc(N3CCC(F)(F)CC3)ncc12. The predicted molar refractivity (Wildman–Crippen MR) is 67.2 cm³/mol. The van der Waals surface area contributed by atoms with Gasteiger partial charge in [-0.3, -0.25) is 5.10 Å². The number of pyridine rings is 1. The van der Waals surface area contributed by atoms with Crippen molar-refractivity contribution in [3.05, 3.63) is 18.0 Å². The molecule has 0 radical (unpaired) electrons. The molecule has 0 spiro atoms. The van der Waals surface area contributed by atoms with Gasteiger partial charge >= 0.3 is 5.97 Å². The predicted octanol–water partition coefficient (Wildman–Crippen LogP) is 1.89. The Kier molecular flexibility index (Phi) is 2.81. The molecule has 0 bridgehead atoms. The zero-order valence-corrected chi connectivity index (χ0v) is 10.4. The molecule has 2 N–H and O–H groups in total. The van der Waals surface area contributed by atoms with Crippen molar-refractivity contribution in [1.29, 1.82) is 0 Å². The third-order valence-electron chi connectivity index (χ3n) is 3.45. The second-order valence-corrected chi connectivity index (χ2v) is 4.81. The van der Waals surface area contributed by atoms with Crippen LogP contribution in [-0.4, -0.2) is 45.3 Å². The van der Waals surface area contributed by atoms with Gasteiger partial charge in [-0.2, -0.15) is 5.10 Å². The van der Waals surface area contributed by atoms with Crippen LogP contribution in [0.4, 0.5) is 14.6 Å². The number of anilines is 1. The van der Waals surface area contributed by atoms with E-state index in [9.17, 15) is 13.6 Å². The summed E-state index contributed by atoms with van der Waals surface area (Å²) in [6.07, 6.45) is 1.01. The number of H-pyrrole nitrogens is 1. The van der Waals surface area contributed by atoms with Crippen LogP contribution in [0.25, 0.3) is 10.9 Å². The summed E-state index contributed by atoms with van der Waals surface area (Å²) in [6, 6.07) is 1.64. The number of nitrogens with one attached hydrogen (secondary N) is 1. The summed E-state index contributed by atoms with van der Waals surface area (Å²) in [6.45, 7) is 0.455. The number of aromatic nitrogens is 3. The summed E-state index contributed by atoms with van der Waals surface area (Å²) in [5, 5.41) is 15.7. The zero-order valence-electron chi connectivity index (χ0n) is 10.4.